The monoisotopic (exact) mass is 192 g/mol. The van der Waals surface area contributed by atoms with Crippen molar-refractivity contribution in [3.05, 3.63) is 29.3 Å². The molecule has 2 heteroatoms. The smallest absolute Gasteiger partial charge is 0.169 e. The number of ketones is 1. The molecule has 1 atom stereocenters. The van der Waals surface area contributed by atoms with Crippen molar-refractivity contribution in [3.63, 3.8) is 0 Å². The first-order valence-corrected chi connectivity index (χ1v) is 4.74. The number of carbonyl (C=O) groups excluding carboxylic acids is 1. The van der Waals surface area contributed by atoms with E-state index in [1.807, 2.05) is 26.0 Å². The summed E-state index contributed by atoms with van der Waals surface area (Å²) in [6.45, 7) is 7.32. The third-order valence-electron chi connectivity index (χ3n) is 2.08. The molecule has 0 bridgehead atoms. The Labute approximate surface area is 84.9 Å². The normalized spacial score (nSPS) is 12.3. The minimum absolute atomic E-state index is 0.0455. The van der Waals surface area contributed by atoms with E-state index >= 15 is 0 Å². The molecule has 76 valence electrons. The van der Waals surface area contributed by atoms with Crippen molar-refractivity contribution >= 4 is 5.78 Å². The fourth-order valence-corrected chi connectivity index (χ4v) is 1.29. The van der Waals surface area contributed by atoms with Crippen molar-refractivity contribution < 1.29 is 9.53 Å². The minimum atomic E-state index is -0.365. The molecule has 1 aromatic rings. The van der Waals surface area contributed by atoms with Crippen LogP contribution in [0.3, 0.4) is 0 Å². The van der Waals surface area contributed by atoms with Crippen molar-refractivity contribution in [1.82, 2.24) is 0 Å². The van der Waals surface area contributed by atoms with Gasteiger partial charge in [0.05, 0.1) is 0 Å². The number of benzene rings is 1. The highest BCUT2D eigenvalue weighted by Gasteiger charge is 2.09. The predicted molar refractivity (Wildman–Crippen MR) is 56.7 cm³/mol. The number of hydrogen-bond donors (Lipinski definition) is 0. The predicted octanol–water partition coefficient (Wildman–Crippen LogP) is 2.66. The second-order valence-corrected chi connectivity index (χ2v) is 3.69. The van der Waals surface area contributed by atoms with E-state index in [1.54, 1.807) is 6.92 Å². The maximum absolute atomic E-state index is 11.0. The average Bonchev–Trinajstić information content (AvgIpc) is 2.01. The average molecular weight is 192 g/mol. The van der Waals surface area contributed by atoms with Gasteiger partial charge in [-0.1, -0.05) is 6.07 Å². The second kappa shape index (κ2) is 4.27. The van der Waals surface area contributed by atoms with Crippen LogP contribution in [0.5, 0.6) is 5.75 Å². The fourth-order valence-electron chi connectivity index (χ4n) is 1.29. The van der Waals surface area contributed by atoms with E-state index < -0.39 is 0 Å². The Balaban J connectivity index is 2.81. The van der Waals surface area contributed by atoms with Gasteiger partial charge in [-0.3, -0.25) is 4.79 Å². The van der Waals surface area contributed by atoms with Crippen molar-refractivity contribution in [1.29, 1.82) is 0 Å². The zero-order valence-corrected chi connectivity index (χ0v) is 9.13. The molecule has 0 N–H and O–H groups in total. The largest absolute Gasteiger partial charge is 0.483 e. The third kappa shape index (κ3) is 2.87. The van der Waals surface area contributed by atoms with Gasteiger partial charge in [-0.05, 0) is 51.0 Å². The molecule has 0 saturated heterocycles. The summed E-state index contributed by atoms with van der Waals surface area (Å²) in [6, 6.07) is 5.95. The molecular formula is C12H16O2. The molecule has 0 aromatic heterocycles. The summed E-state index contributed by atoms with van der Waals surface area (Å²) in [4.78, 5) is 11.0. The molecule has 0 fully saturated rings. The maximum atomic E-state index is 11.0. The molecular weight excluding hydrogens is 176 g/mol. The van der Waals surface area contributed by atoms with Crippen LogP contribution in [-0.2, 0) is 4.79 Å². The first-order chi connectivity index (χ1) is 6.49. The lowest BCUT2D eigenvalue weighted by Crippen LogP contribution is -2.20. The zero-order valence-electron chi connectivity index (χ0n) is 9.13. The molecule has 1 rings (SSSR count). The lowest BCUT2D eigenvalue weighted by Gasteiger charge is -2.12. The number of rotatable bonds is 3. The molecule has 0 radical (unpaired) electrons. The minimum Gasteiger partial charge on any atom is -0.483 e. The Morgan fingerprint density at radius 3 is 2.14 bits per heavy atom. The van der Waals surface area contributed by atoms with E-state index in [4.69, 9.17) is 4.74 Å². The van der Waals surface area contributed by atoms with Gasteiger partial charge in [0.25, 0.3) is 0 Å². The quantitative estimate of drug-likeness (QED) is 0.736. The van der Waals surface area contributed by atoms with Crippen LogP contribution in [0.2, 0.25) is 0 Å². The Bertz CT molecular complexity index is 322. The second-order valence-electron chi connectivity index (χ2n) is 3.69. The van der Waals surface area contributed by atoms with Crippen LogP contribution >= 0.6 is 0 Å². The Morgan fingerprint density at radius 2 is 1.71 bits per heavy atom. The molecule has 0 unspecified atom stereocenters. The molecule has 0 amide bonds. The van der Waals surface area contributed by atoms with E-state index in [2.05, 4.69) is 6.07 Å². The lowest BCUT2D eigenvalue weighted by molar-refractivity contribution is -0.122. The van der Waals surface area contributed by atoms with Gasteiger partial charge in [0.15, 0.2) is 11.9 Å². The first-order valence-electron chi connectivity index (χ1n) is 4.74. The van der Waals surface area contributed by atoms with Gasteiger partial charge in [-0.25, -0.2) is 0 Å². The van der Waals surface area contributed by atoms with Gasteiger partial charge in [0.2, 0.25) is 0 Å². The third-order valence-corrected chi connectivity index (χ3v) is 2.08. The van der Waals surface area contributed by atoms with Gasteiger partial charge >= 0.3 is 0 Å². The number of aryl methyl sites for hydroxylation is 2. The summed E-state index contributed by atoms with van der Waals surface area (Å²) < 4.78 is 5.49. The molecule has 0 aliphatic carbocycles. The summed E-state index contributed by atoms with van der Waals surface area (Å²) in [7, 11) is 0. The number of Topliss-reactive ketones (excluding diaryl/α,β-unsaturated/α-hetero) is 1. The fraction of sp³-hybridized carbons (Fsp3) is 0.417. The van der Waals surface area contributed by atoms with Crippen LogP contribution < -0.4 is 4.74 Å². The number of ether oxygens (including phenoxy) is 1. The SMILES string of the molecule is CC(=O)[C@@H](C)Oc1cc(C)cc(C)c1. The number of hydrogen-bond acceptors (Lipinski definition) is 2. The van der Waals surface area contributed by atoms with Crippen LogP contribution in [0.4, 0.5) is 0 Å². The highest BCUT2D eigenvalue weighted by molar-refractivity contribution is 5.80. The molecule has 0 aliphatic heterocycles. The van der Waals surface area contributed by atoms with Crippen molar-refractivity contribution in [3.8, 4) is 5.75 Å². The van der Waals surface area contributed by atoms with Crippen LogP contribution in [0.25, 0.3) is 0 Å². The summed E-state index contributed by atoms with van der Waals surface area (Å²) in [5.41, 5.74) is 2.30. The Morgan fingerprint density at radius 1 is 1.21 bits per heavy atom. The van der Waals surface area contributed by atoms with Crippen LogP contribution in [0.15, 0.2) is 18.2 Å². The lowest BCUT2D eigenvalue weighted by atomic mass is 10.1. The molecule has 1 aromatic carbocycles. The van der Waals surface area contributed by atoms with E-state index in [9.17, 15) is 4.79 Å². The van der Waals surface area contributed by atoms with Gasteiger partial charge < -0.3 is 4.74 Å². The van der Waals surface area contributed by atoms with E-state index in [1.165, 1.54) is 6.92 Å². The Kier molecular flexibility index (Phi) is 3.28. The molecule has 0 spiro atoms. The molecule has 0 aliphatic rings. The number of carbonyl (C=O) groups is 1. The summed E-state index contributed by atoms with van der Waals surface area (Å²) in [5.74, 6) is 0.814. The molecule has 14 heavy (non-hydrogen) atoms. The summed E-state index contributed by atoms with van der Waals surface area (Å²) in [5, 5.41) is 0. The first kappa shape index (κ1) is 10.8. The Hall–Kier alpha value is -1.31. The zero-order chi connectivity index (χ0) is 10.7. The van der Waals surface area contributed by atoms with E-state index in [0.29, 0.717) is 0 Å². The van der Waals surface area contributed by atoms with E-state index in [0.717, 1.165) is 16.9 Å². The van der Waals surface area contributed by atoms with Crippen LogP contribution in [0, 0.1) is 13.8 Å². The van der Waals surface area contributed by atoms with Crippen molar-refractivity contribution in [2.24, 2.45) is 0 Å². The van der Waals surface area contributed by atoms with Gasteiger partial charge in [0.1, 0.15) is 5.75 Å². The van der Waals surface area contributed by atoms with Crippen molar-refractivity contribution in [2.75, 3.05) is 0 Å². The summed E-state index contributed by atoms with van der Waals surface area (Å²) >= 11 is 0. The summed E-state index contributed by atoms with van der Waals surface area (Å²) in [6.07, 6.45) is -0.365. The standard InChI is InChI=1S/C12H16O2/c1-8-5-9(2)7-12(6-8)14-11(4)10(3)13/h5-7,11H,1-4H3/t11-/m1/s1. The van der Waals surface area contributed by atoms with Gasteiger partial charge in [0, 0.05) is 0 Å². The molecule has 0 heterocycles. The van der Waals surface area contributed by atoms with Crippen molar-refractivity contribution in [2.45, 2.75) is 33.8 Å². The molecule has 2 nitrogen and oxygen atoms in total. The highest BCUT2D eigenvalue weighted by atomic mass is 16.5. The topological polar surface area (TPSA) is 26.3 Å². The molecule has 0 saturated carbocycles. The van der Waals surface area contributed by atoms with Gasteiger partial charge in [-0.2, -0.15) is 0 Å². The maximum Gasteiger partial charge on any atom is 0.169 e. The highest BCUT2D eigenvalue weighted by Crippen LogP contribution is 2.17. The van der Waals surface area contributed by atoms with Crippen LogP contribution in [-0.4, -0.2) is 11.9 Å². The van der Waals surface area contributed by atoms with Crippen LogP contribution in [0.1, 0.15) is 25.0 Å². The van der Waals surface area contributed by atoms with E-state index in [-0.39, 0.29) is 11.9 Å². The van der Waals surface area contributed by atoms with Gasteiger partial charge in [-0.15, -0.1) is 0 Å².